The Labute approximate surface area is 157 Å². The minimum absolute atomic E-state index is 0.0366. The van der Waals surface area contributed by atoms with E-state index in [1.165, 1.54) is 4.90 Å². The van der Waals surface area contributed by atoms with Crippen LogP contribution in [0.15, 0.2) is 34.2 Å². The Balaban J connectivity index is 0.00000151. The molecule has 1 aliphatic rings. The molecule has 0 saturated carbocycles. The molecule has 0 aliphatic carbocycles. The van der Waals surface area contributed by atoms with E-state index in [-0.39, 0.29) is 12.1 Å². The lowest BCUT2D eigenvalue weighted by Crippen LogP contribution is -2.19. The van der Waals surface area contributed by atoms with Crippen LogP contribution in [0.1, 0.15) is 32.4 Å². The quantitative estimate of drug-likeness (QED) is 0.445. The minimum Gasteiger partial charge on any atom is -0.470 e. The number of thioether (sulfide) groups is 1. The van der Waals surface area contributed by atoms with E-state index >= 15 is 0 Å². The number of aliphatic imine (C=N–C) groups is 1. The standard InChI is InChI=1S/C16H24NO4PS.C2H6/c1-5-20-22(19-3)11-15-17-14(10-18-2)16(21-15)12-6-8-13(23-4)9-7-12;1-2/h6-9,14,16H,5,10-11H2,1-4H3;1-2H3/t14?,16-,22?;/m0./s1. The van der Waals surface area contributed by atoms with Gasteiger partial charge in [0.15, 0.2) is 14.3 Å². The van der Waals surface area contributed by atoms with E-state index in [4.69, 9.17) is 18.5 Å². The summed E-state index contributed by atoms with van der Waals surface area (Å²) >= 11 is 1.72. The Bertz CT molecular complexity index is 512. The third kappa shape index (κ3) is 6.87. The van der Waals surface area contributed by atoms with Crippen LogP contribution >= 0.6 is 20.1 Å². The van der Waals surface area contributed by atoms with Gasteiger partial charge >= 0.3 is 0 Å². The van der Waals surface area contributed by atoms with Crippen molar-refractivity contribution in [1.29, 1.82) is 0 Å². The second kappa shape index (κ2) is 12.7. The minimum atomic E-state index is -0.994. The molecule has 7 heteroatoms. The molecule has 2 rings (SSSR count). The smallest absolute Gasteiger partial charge is 0.193 e. The highest BCUT2D eigenvalue weighted by Crippen LogP contribution is 2.40. The van der Waals surface area contributed by atoms with Crippen molar-refractivity contribution in [3.8, 4) is 0 Å². The summed E-state index contributed by atoms with van der Waals surface area (Å²) in [5, 5.41) is 0. The molecular weight excluding hydrogens is 357 g/mol. The topological polar surface area (TPSA) is 49.3 Å². The summed E-state index contributed by atoms with van der Waals surface area (Å²) < 4.78 is 22.3. The van der Waals surface area contributed by atoms with E-state index in [0.717, 1.165) is 5.56 Å². The van der Waals surface area contributed by atoms with Crippen molar-refractivity contribution in [3.63, 3.8) is 0 Å². The number of rotatable bonds is 9. The Kier molecular flexibility index (Phi) is 11.3. The van der Waals surface area contributed by atoms with Gasteiger partial charge in [-0.25, -0.2) is 4.99 Å². The summed E-state index contributed by atoms with van der Waals surface area (Å²) in [5.74, 6) is 0.687. The van der Waals surface area contributed by atoms with E-state index in [9.17, 15) is 0 Å². The molecule has 0 bridgehead atoms. The van der Waals surface area contributed by atoms with E-state index in [1.807, 2.05) is 20.8 Å². The van der Waals surface area contributed by atoms with Crippen LogP contribution in [0.25, 0.3) is 0 Å². The molecule has 3 atom stereocenters. The van der Waals surface area contributed by atoms with Gasteiger partial charge in [-0.3, -0.25) is 0 Å². The Hall–Kier alpha value is -0.650. The molecule has 25 heavy (non-hydrogen) atoms. The molecule has 0 aromatic heterocycles. The van der Waals surface area contributed by atoms with Gasteiger partial charge in [-0.05, 0) is 30.9 Å². The summed E-state index contributed by atoms with van der Waals surface area (Å²) in [6.45, 7) is 7.10. The molecule has 0 spiro atoms. The largest absolute Gasteiger partial charge is 0.470 e. The molecule has 5 nitrogen and oxygen atoms in total. The molecule has 142 valence electrons. The number of benzene rings is 1. The first kappa shape index (κ1) is 22.4. The number of nitrogens with zero attached hydrogens (tertiary/aromatic N) is 1. The third-order valence-corrected chi connectivity index (χ3v) is 5.67. The highest BCUT2D eigenvalue weighted by atomic mass is 32.2. The summed E-state index contributed by atoms with van der Waals surface area (Å²) in [5.41, 5.74) is 1.11. The molecule has 2 unspecified atom stereocenters. The predicted molar refractivity (Wildman–Crippen MR) is 107 cm³/mol. The lowest BCUT2D eigenvalue weighted by Gasteiger charge is -2.18. The normalized spacial score (nSPS) is 20.3. The molecule has 0 fully saturated rings. The first-order chi connectivity index (χ1) is 12.2. The summed E-state index contributed by atoms with van der Waals surface area (Å²) in [7, 11) is 2.35. The summed E-state index contributed by atoms with van der Waals surface area (Å²) in [6.07, 6.45) is 2.52. The van der Waals surface area contributed by atoms with Crippen LogP contribution in [0.2, 0.25) is 0 Å². The van der Waals surface area contributed by atoms with Gasteiger partial charge in [0.2, 0.25) is 0 Å². The van der Waals surface area contributed by atoms with E-state index in [1.54, 1.807) is 26.0 Å². The maximum atomic E-state index is 6.08. The third-order valence-electron chi connectivity index (χ3n) is 3.45. The van der Waals surface area contributed by atoms with E-state index < -0.39 is 8.38 Å². The Morgan fingerprint density at radius 2 is 1.88 bits per heavy atom. The number of ether oxygens (including phenoxy) is 2. The Morgan fingerprint density at radius 3 is 2.40 bits per heavy atom. The molecule has 1 aromatic carbocycles. The summed E-state index contributed by atoms with van der Waals surface area (Å²) in [6, 6.07) is 8.37. The SMILES string of the molecule is CC.CCOP(CC1=NC(COC)[C@H](c2ccc(SC)cc2)O1)OC. The Morgan fingerprint density at radius 1 is 1.20 bits per heavy atom. The van der Waals surface area contributed by atoms with Crippen molar-refractivity contribution >= 4 is 26.0 Å². The fourth-order valence-electron chi connectivity index (χ4n) is 2.38. The van der Waals surface area contributed by atoms with Gasteiger partial charge in [0.05, 0.1) is 19.4 Å². The van der Waals surface area contributed by atoms with Gasteiger partial charge in [0.1, 0.15) is 12.1 Å². The van der Waals surface area contributed by atoms with Crippen LogP contribution in [0.5, 0.6) is 0 Å². The van der Waals surface area contributed by atoms with Crippen molar-refractivity contribution in [3.05, 3.63) is 29.8 Å². The molecule has 0 saturated heterocycles. The molecular formula is C18H30NO4PS. The van der Waals surface area contributed by atoms with Crippen LogP contribution in [-0.2, 0) is 18.5 Å². The molecule has 1 aromatic rings. The monoisotopic (exact) mass is 387 g/mol. The average molecular weight is 387 g/mol. The van der Waals surface area contributed by atoms with Crippen molar-refractivity contribution in [1.82, 2.24) is 0 Å². The zero-order chi connectivity index (χ0) is 18.7. The predicted octanol–water partition coefficient (Wildman–Crippen LogP) is 4.91. The molecule has 1 heterocycles. The fraction of sp³-hybridized carbons (Fsp3) is 0.611. The molecule has 0 radical (unpaired) electrons. The number of hydrogen-bond donors (Lipinski definition) is 0. The van der Waals surface area contributed by atoms with Gasteiger partial charge in [0.25, 0.3) is 0 Å². The molecule has 0 N–H and O–H groups in total. The lowest BCUT2D eigenvalue weighted by molar-refractivity contribution is 0.119. The number of methoxy groups -OCH3 is 1. The van der Waals surface area contributed by atoms with Crippen molar-refractivity contribution in [2.24, 2.45) is 4.99 Å². The highest BCUT2D eigenvalue weighted by Gasteiger charge is 2.33. The highest BCUT2D eigenvalue weighted by molar-refractivity contribution is 7.98. The van der Waals surface area contributed by atoms with E-state index in [0.29, 0.717) is 25.3 Å². The second-order valence-electron chi connectivity index (χ2n) is 4.95. The van der Waals surface area contributed by atoms with Gasteiger partial charge in [-0.2, -0.15) is 0 Å². The van der Waals surface area contributed by atoms with Crippen LogP contribution < -0.4 is 0 Å². The van der Waals surface area contributed by atoms with Crippen molar-refractivity contribution in [2.45, 2.75) is 37.8 Å². The zero-order valence-electron chi connectivity index (χ0n) is 16.0. The maximum absolute atomic E-state index is 6.08. The van der Waals surface area contributed by atoms with Gasteiger partial charge in [-0.1, -0.05) is 26.0 Å². The van der Waals surface area contributed by atoms with Gasteiger partial charge < -0.3 is 18.5 Å². The van der Waals surface area contributed by atoms with Gasteiger partial charge in [0, 0.05) is 19.1 Å². The van der Waals surface area contributed by atoms with Crippen LogP contribution in [0, 0.1) is 0 Å². The second-order valence-corrected chi connectivity index (χ2v) is 7.43. The zero-order valence-corrected chi connectivity index (χ0v) is 17.7. The number of hydrogen-bond acceptors (Lipinski definition) is 6. The summed E-state index contributed by atoms with van der Waals surface area (Å²) in [4.78, 5) is 5.90. The van der Waals surface area contributed by atoms with Crippen molar-refractivity contribution < 1.29 is 18.5 Å². The van der Waals surface area contributed by atoms with E-state index in [2.05, 4.69) is 35.5 Å². The first-order valence-corrected chi connectivity index (χ1v) is 11.1. The molecule has 1 aliphatic heterocycles. The fourth-order valence-corrected chi connectivity index (χ4v) is 3.78. The van der Waals surface area contributed by atoms with Crippen LogP contribution in [0.3, 0.4) is 0 Å². The maximum Gasteiger partial charge on any atom is 0.193 e. The van der Waals surface area contributed by atoms with Crippen LogP contribution in [-0.4, -0.2) is 51.8 Å². The van der Waals surface area contributed by atoms with Crippen LogP contribution in [0.4, 0.5) is 0 Å². The lowest BCUT2D eigenvalue weighted by atomic mass is 10.0. The van der Waals surface area contributed by atoms with Crippen molar-refractivity contribution in [2.75, 3.05) is 39.9 Å². The average Bonchev–Trinajstić information content (AvgIpc) is 3.06. The van der Waals surface area contributed by atoms with Gasteiger partial charge in [-0.15, -0.1) is 11.8 Å². The molecule has 0 amide bonds. The first-order valence-electron chi connectivity index (χ1n) is 8.52.